The van der Waals surface area contributed by atoms with Crippen LogP contribution in [0.3, 0.4) is 0 Å². The number of rotatable bonds is 4. The van der Waals surface area contributed by atoms with E-state index in [1.807, 2.05) is 6.92 Å². The smallest absolute Gasteiger partial charge is 0.257 e. The highest BCUT2D eigenvalue weighted by atomic mass is 32.1. The summed E-state index contributed by atoms with van der Waals surface area (Å²) in [6.07, 6.45) is 0. The number of halogens is 1. The Kier molecular flexibility index (Phi) is 4.02. The van der Waals surface area contributed by atoms with Gasteiger partial charge in [-0.05, 0) is 43.3 Å². The van der Waals surface area contributed by atoms with Crippen molar-refractivity contribution in [1.29, 1.82) is 0 Å². The van der Waals surface area contributed by atoms with Crippen LogP contribution in [0.25, 0.3) is 10.2 Å². The van der Waals surface area contributed by atoms with Gasteiger partial charge in [-0.2, -0.15) is 0 Å². The normalized spacial score (nSPS) is 10.6. The molecule has 0 bridgehead atoms. The highest BCUT2D eigenvalue weighted by Crippen LogP contribution is 2.27. The number of benzene rings is 2. The largest absolute Gasteiger partial charge is 0.494 e. The molecule has 0 saturated heterocycles. The minimum absolute atomic E-state index is 0.277. The molecule has 0 radical (unpaired) electrons. The molecule has 0 unspecified atom stereocenters. The second-order valence-corrected chi connectivity index (χ2v) is 5.58. The van der Waals surface area contributed by atoms with Crippen molar-refractivity contribution in [3.05, 3.63) is 53.8 Å². The molecule has 0 spiro atoms. The van der Waals surface area contributed by atoms with Gasteiger partial charge < -0.3 is 4.74 Å². The van der Waals surface area contributed by atoms with E-state index in [0.29, 0.717) is 33.3 Å². The van der Waals surface area contributed by atoms with E-state index in [1.54, 1.807) is 30.3 Å². The third-order valence-corrected chi connectivity index (χ3v) is 3.91. The molecule has 0 aliphatic heterocycles. The van der Waals surface area contributed by atoms with Crippen LogP contribution in [0.4, 0.5) is 9.52 Å². The standard InChI is InChI=1S/C16H13FN2O2S/c1-2-21-12-5-3-4-10(8-12)15(20)19-16-18-13-7-6-11(17)9-14(13)22-16/h3-9H,2H2,1H3,(H,18,19,20). The van der Waals surface area contributed by atoms with Crippen LogP contribution in [0.5, 0.6) is 5.75 Å². The van der Waals surface area contributed by atoms with Crippen LogP contribution in [0.2, 0.25) is 0 Å². The summed E-state index contributed by atoms with van der Waals surface area (Å²) in [5.41, 5.74) is 1.14. The molecule has 2 aromatic carbocycles. The Hall–Kier alpha value is -2.47. The predicted molar refractivity (Wildman–Crippen MR) is 85.1 cm³/mol. The Morgan fingerprint density at radius 2 is 2.18 bits per heavy atom. The lowest BCUT2D eigenvalue weighted by molar-refractivity contribution is 0.102. The lowest BCUT2D eigenvalue weighted by atomic mass is 10.2. The first-order valence-corrected chi connectivity index (χ1v) is 7.57. The molecule has 3 aromatic rings. The Bertz CT molecular complexity index is 832. The summed E-state index contributed by atoms with van der Waals surface area (Å²) in [6.45, 7) is 2.42. The summed E-state index contributed by atoms with van der Waals surface area (Å²) in [4.78, 5) is 16.5. The molecule has 0 aliphatic carbocycles. The van der Waals surface area contributed by atoms with E-state index in [0.717, 1.165) is 0 Å². The van der Waals surface area contributed by atoms with Crippen LogP contribution in [0.1, 0.15) is 17.3 Å². The van der Waals surface area contributed by atoms with Gasteiger partial charge in [0.2, 0.25) is 0 Å². The van der Waals surface area contributed by atoms with E-state index in [-0.39, 0.29) is 11.7 Å². The monoisotopic (exact) mass is 316 g/mol. The SMILES string of the molecule is CCOc1cccc(C(=O)Nc2nc3ccc(F)cc3s2)c1. The third kappa shape index (κ3) is 3.07. The van der Waals surface area contributed by atoms with Gasteiger partial charge in [-0.3, -0.25) is 10.1 Å². The maximum Gasteiger partial charge on any atom is 0.257 e. The maximum absolute atomic E-state index is 13.2. The van der Waals surface area contributed by atoms with E-state index in [1.165, 1.54) is 23.5 Å². The number of hydrogen-bond donors (Lipinski definition) is 1. The molecule has 112 valence electrons. The molecule has 1 amide bonds. The van der Waals surface area contributed by atoms with Gasteiger partial charge in [-0.15, -0.1) is 0 Å². The fourth-order valence-corrected chi connectivity index (χ4v) is 2.90. The zero-order valence-electron chi connectivity index (χ0n) is 11.8. The quantitative estimate of drug-likeness (QED) is 0.789. The molecule has 22 heavy (non-hydrogen) atoms. The van der Waals surface area contributed by atoms with Crippen LogP contribution in [-0.4, -0.2) is 17.5 Å². The van der Waals surface area contributed by atoms with E-state index >= 15 is 0 Å². The Morgan fingerprint density at radius 3 is 3.00 bits per heavy atom. The number of fused-ring (bicyclic) bond motifs is 1. The summed E-state index contributed by atoms with van der Waals surface area (Å²) in [6, 6.07) is 11.3. The maximum atomic E-state index is 13.2. The number of thiazole rings is 1. The molecule has 1 N–H and O–H groups in total. The molecule has 0 saturated carbocycles. The molecule has 1 aromatic heterocycles. The van der Waals surface area contributed by atoms with Crippen LogP contribution in [-0.2, 0) is 0 Å². The predicted octanol–water partition coefficient (Wildman–Crippen LogP) is 4.09. The second kappa shape index (κ2) is 6.11. The fourth-order valence-electron chi connectivity index (χ4n) is 2.01. The summed E-state index contributed by atoms with van der Waals surface area (Å²) < 4.78 is 19.2. The Labute approximate surface area is 130 Å². The average molecular weight is 316 g/mol. The summed E-state index contributed by atoms with van der Waals surface area (Å²) in [5, 5.41) is 3.16. The molecule has 1 heterocycles. The lowest BCUT2D eigenvalue weighted by Crippen LogP contribution is -2.11. The van der Waals surface area contributed by atoms with E-state index in [2.05, 4.69) is 10.3 Å². The first kappa shape index (κ1) is 14.5. The first-order valence-electron chi connectivity index (χ1n) is 6.76. The van der Waals surface area contributed by atoms with Gasteiger partial charge in [0.1, 0.15) is 11.6 Å². The van der Waals surface area contributed by atoms with Crippen molar-refractivity contribution in [3.63, 3.8) is 0 Å². The number of hydrogen-bond acceptors (Lipinski definition) is 4. The summed E-state index contributed by atoms with van der Waals surface area (Å²) in [7, 11) is 0. The molecule has 0 atom stereocenters. The topological polar surface area (TPSA) is 51.2 Å². The Balaban J connectivity index is 1.81. The molecular formula is C16H13FN2O2S. The number of carbonyl (C=O) groups is 1. The summed E-state index contributed by atoms with van der Waals surface area (Å²) in [5.74, 6) is 0.0426. The summed E-state index contributed by atoms with van der Waals surface area (Å²) >= 11 is 1.23. The Morgan fingerprint density at radius 1 is 1.32 bits per heavy atom. The van der Waals surface area contributed by atoms with Crippen molar-refractivity contribution < 1.29 is 13.9 Å². The van der Waals surface area contributed by atoms with Crippen molar-refractivity contribution in [2.75, 3.05) is 11.9 Å². The van der Waals surface area contributed by atoms with Gasteiger partial charge in [0.15, 0.2) is 5.13 Å². The molecular weight excluding hydrogens is 303 g/mol. The molecule has 4 nitrogen and oxygen atoms in total. The number of nitrogens with one attached hydrogen (secondary N) is 1. The average Bonchev–Trinajstić information content (AvgIpc) is 2.89. The zero-order valence-corrected chi connectivity index (χ0v) is 12.6. The number of ether oxygens (including phenoxy) is 1. The highest BCUT2D eigenvalue weighted by Gasteiger charge is 2.11. The first-order chi connectivity index (χ1) is 10.7. The number of aromatic nitrogens is 1. The highest BCUT2D eigenvalue weighted by molar-refractivity contribution is 7.22. The minimum atomic E-state index is -0.321. The van der Waals surface area contributed by atoms with Crippen LogP contribution < -0.4 is 10.1 Å². The zero-order chi connectivity index (χ0) is 15.5. The van der Waals surface area contributed by atoms with E-state index < -0.39 is 0 Å². The lowest BCUT2D eigenvalue weighted by Gasteiger charge is -2.05. The number of amides is 1. The van der Waals surface area contributed by atoms with Crippen molar-refractivity contribution in [1.82, 2.24) is 4.98 Å². The van der Waals surface area contributed by atoms with Gasteiger partial charge in [0, 0.05) is 5.56 Å². The van der Waals surface area contributed by atoms with Crippen molar-refractivity contribution in [2.45, 2.75) is 6.92 Å². The second-order valence-electron chi connectivity index (χ2n) is 4.55. The van der Waals surface area contributed by atoms with Crippen molar-refractivity contribution in [2.24, 2.45) is 0 Å². The number of nitrogens with zero attached hydrogens (tertiary/aromatic N) is 1. The van der Waals surface area contributed by atoms with Gasteiger partial charge in [-0.1, -0.05) is 17.4 Å². The van der Waals surface area contributed by atoms with Crippen LogP contribution >= 0.6 is 11.3 Å². The van der Waals surface area contributed by atoms with Crippen molar-refractivity contribution in [3.8, 4) is 5.75 Å². The molecule has 3 rings (SSSR count). The van der Waals surface area contributed by atoms with Gasteiger partial charge in [0.05, 0.1) is 16.8 Å². The van der Waals surface area contributed by atoms with Gasteiger partial charge in [-0.25, -0.2) is 9.37 Å². The van der Waals surface area contributed by atoms with Gasteiger partial charge in [0.25, 0.3) is 5.91 Å². The third-order valence-electron chi connectivity index (χ3n) is 2.98. The number of carbonyl (C=O) groups excluding carboxylic acids is 1. The van der Waals surface area contributed by atoms with Crippen LogP contribution in [0.15, 0.2) is 42.5 Å². The van der Waals surface area contributed by atoms with E-state index in [9.17, 15) is 9.18 Å². The van der Waals surface area contributed by atoms with Crippen molar-refractivity contribution >= 4 is 32.6 Å². The van der Waals surface area contributed by atoms with Crippen LogP contribution in [0, 0.1) is 5.82 Å². The van der Waals surface area contributed by atoms with E-state index in [4.69, 9.17) is 4.74 Å². The molecule has 0 aliphatic rings. The molecule has 6 heteroatoms. The van der Waals surface area contributed by atoms with Gasteiger partial charge >= 0.3 is 0 Å². The molecule has 0 fully saturated rings. The number of anilines is 1. The fraction of sp³-hybridized carbons (Fsp3) is 0.125. The minimum Gasteiger partial charge on any atom is -0.494 e.